The van der Waals surface area contributed by atoms with E-state index in [1.807, 2.05) is 25.1 Å². The van der Waals surface area contributed by atoms with Gasteiger partial charge in [-0.05, 0) is 37.5 Å². The van der Waals surface area contributed by atoms with Gasteiger partial charge in [-0.1, -0.05) is 12.5 Å². The summed E-state index contributed by atoms with van der Waals surface area (Å²) in [4.78, 5) is 28.2. The monoisotopic (exact) mass is 332 g/mol. The van der Waals surface area contributed by atoms with Gasteiger partial charge in [-0.15, -0.1) is 0 Å². The first kappa shape index (κ1) is 16.6. The molecule has 1 aromatic rings. The van der Waals surface area contributed by atoms with E-state index in [9.17, 15) is 9.59 Å². The lowest BCUT2D eigenvalue weighted by molar-refractivity contribution is -0.140. The molecule has 1 fully saturated rings. The number of ether oxygens (including phenoxy) is 2. The number of likely N-dealkylation sites (N-methyl/N-ethyl adjacent to an activating group) is 1. The molecule has 0 atom stereocenters. The predicted octanol–water partition coefficient (Wildman–Crippen LogP) is 2.17. The van der Waals surface area contributed by atoms with Gasteiger partial charge in [0.2, 0.25) is 18.6 Å². The van der Waals surface area contributed by atoms with E-state index >= 15 is 0 Å². The summed E-state index contributed by atoms with van der Waals surface area (Å²) in [6.07, 6.45) is 3.53. The Morgan fingerprint density at radius 2 is 2.04 bits per heavy atom. The van der Waals surface area contributed by atoms with Gasteiger partial charge >= 0.3 is 0 Å². The van der Waals surface area contributed by atoms with Crippen LogP contribution in [0.25, 0.3) is 0 Å². The second-order valence-electron chi connectivity index (χ2n) is 6.22. The number of carbonyl (C=O) groups excluding carboxylic acids is 2. The van der Waals surface area contributed by atoms with E-state index in [1.165, 1.54) is 0 Å². The number of nitrogens with zero attached hydrogens (tertiary/aromatic N) is 2. The lowest BCUT2D eigenvalue weighted by atomic mass is 10.2. The molecule has 0 aromatic heterocycles. The van der Waals surface area contributed by atoms with E-state index in [1.54, 1.807) is 9.80 Å². The van der Waals surface area contributed by atoms with Gasteiger partial charge < -0.3 is 19.3 Å². The van der Waals surface area contributed by atoms with Crippen LogP contribution in [-0.2, 0) is 16.1 Å². The molecule has 0 saturated carbocycles. The molecule has 2 heterocycles. The zero-order valence-corrected chi connectivity index (χ0v) is 14.1. The SMILES string of the molecule is CCN(Cc1ccc2c(c1)OCO2)C(=O)CN1CCCCCC1=O. The Balaban J connectivity index is 1.62. The lowest BCUT2D eigenvalue weighted by Crippen LogP contribution is -2.42. The molecule has 0 N–H and O–H groups in total. The molecule has 0 spiro atoms. The van der Waals surface area contributed by atoms with E-state index in [2.05, 4.69) is 0 Å². The van der Waals surface area contributed by atoms with Crippen LogP contribution in [0, 0.1) is 0 Å². The third kappa shape index (κ3) is 3.80. The van der Waals surface area contributed by atoms with Crippen LogP contribution in [0.15, 0.2) is 18.2 Å². The molecule has 2 amide bonds. The third-order valence-corrected chi connectivity index (χ3v) is 4.54. The first-order chi connectivity index (χ1) is 11.7. The summed E-state index contributed by atoms with van der Waals surface area (Å²) in [5, 5.41) is 0. The third-order valence-electron chi connectivity index (χ3n) is 4.54. The Morgan fingerprint density at radius 3 is 2.88 bits per heavy atom. The summed E-state index contributed by atoms with van der Waals surface area (Å²) in [5.74, 6) is 1.55. The van der Waals surface area contributed by atoms with Gasteiger partial charge in [0.05, 0.1) is 6.54 Å². The first-order valence-electron chi connectivity index (χ1n) is 8.61. The Morgan fingerprint density at radius 1 is 1.21 bits per heavy atom. The van der Waals surface area contributed by atoms with Crippen molar-refractivity contribution in [3.05, 3.63) is 23.8 Å². The molecule has 24 heavy (non-hydrogen) atoms. The molecule has 0 unspecified atom stereocenters. The number of likely N-dealkylation sites (tertiary alicyclic amines) is 1. The molecular formula is C18H24N2O4. The van der Waals surface area contributed by atoms with Crippen LogP contribution < -0.4 is 9.47 Å². The van der Waals surface area contributed by atoms with Gasteiger partial charge in [0.25, 0.3) is 0 Å². The van der Waals surface area contributed by atoms with Crippen molar-refractivity contribution in [2.45, 2.75) is 39.2 Å². The summed E-state index contributed by atoms with van der Waals surface area (Å²) < 4.78 is 10.7. The highest BCUT2D eigenvalue weighted by Gasteiger charge is 2.22. The molecule has 2 aliphatic heterocycles. The van der Waals surface area contributed by atoms with Gasteiger partial charge in [0, 0.05) is 26.1 Å². The van der Waals surface area contributed by atoms with Crippen molar-refractivity contribution >= 4 is 11.8 Å². The standard InChI is InChI=1S/C18H24N2O4/c1-2-19(11-14-7-8-15-16(10-14)24-13-23-15)18(22)12-20-9-5-3-4-6-17(20)21/h7-8,10H,2-6,9,11-13H2,1H3. The fourth-order valence-corrected chi connectivity index (χ4v) is 3.11. The summed E-state index contributed by atoms with van der Waals surface area (Å²) in [6.45, 7) is 4.17. The zero-order chi connectivity index (χ0) is 16.9. The maximum absolute atomic E-state index is 12.6. The molecule has 0 aliphatic carbocycles. The maximum atomic E-state index is 12.6. The van der Waals surface area contributed by atoms with Gasteiger partial charge in [-0.3, -0.25) is 9.59 Å². The number of hydrogen-bond donors (Lipinski definition) is 0. The van der Waals surface area contributed by atoms with E-state index in [0.29, 0.717) is 26.1 Å². The van der Waals surface area contributed by atoms with Gasteiger partial charge in [-0.2, -0.15) is 0 Å². The highest BCUT2D eigenvalue weighted by Crippen LogP contribution is 2.32. The number of fused-ring (bicyclic) bond motifs is 1. The second kappa shape index (κ2) is 7.55. The van der Waals surface area contributed by atoms with Crippen LogP contribution in [0.3, 0.4) is 0 Å². The number of benzene rings is 1. The van der Waals surface area contributed by atoms with Crippen LogP contribution in [0.1, 0.15) is 38.2 Å². The Hall–Kier alpha value is -2.24. The summed E-state index contributed by atoms with van der Waals surface area (Å²) >= 11 is 0. The van der Waals surface area contributed by atoms with E-state index in [0.717, 1.165) is 36.3 Å². The molecule has 6 nitrogen and oxygen atoms in total. The molecular weight excluding hydrogens is 308 g/mol. The smallest absolute Gasteiger partial charge is 0.242 e. The van der Waals surface area contributed by atoms with E-state index < -0.39 is 0 Å². The number of amides is 2. The molecule has 2 aliphatic rings. The number of rotatable bonds is 5. The van der Waals surface area contributed by atoms with Crippen LogP contribution in [0.5, 0.6) is 11.5 Å². The largest absolute Gasteiger partial charge is 0.454 e. The van der Waals surface area contributed by atoms with Crippen molar-refractivity contribution < 1.29 is 19.1 Å². The Kier molecular flexibility index (Phi) is 5.23. The first-order valence-corrected chi connectivity index (χ1v) is 8.61. The van der Waals surface area contributed by atoms with Gasteiger partial charge in [0.15, 0.2) is 11.5 Å². The van der Waals surface area contributed by atoms with Crippen molar-refractivity contribution in [3.63, 3.8) is 0 Å². The highest BCUT2D eigenvalue weighted by molar-refractivity contribution is 5.85. The van der Waals surface area contributed by atoms with Crippen molar-refractivity contribution in [1.82, 2.24) is 9.80 Å². The van der Waals surface area contributed by atoms with Crippen molar-refractivity contribution in [2.24, 2.45) is 0 Å². The molecule has 1 saturated heterocycles. The van der Waals surface area contributed by atoms with E-state index in [4.69, 9.17) is 9.47 Å². The Labute approximate surface area is 142 Å². The Bertz CT molecular complexity index is 617. The second-order valence-corrected chi connectivity index (χ2v) is 6.22. The predicted molar refractivity (Wildman–Crippen MR) is 88.7 cm³/mol. The molecule has 3 rings (SSSR count). The minimum Gasteiger partial charge on any atom is -0.454 e. The summed E-state index contributed by atoms with van der Waals surface area (Å²) in [6, 6.07) is 5.73. The van der Waals surface area contributed by atoms with Crippen molar-refractivity contribution in [2.75, 3.05) is 26.4 Å². The maximum Gasteiger partial charge on any atom is 0.242 e. The molecule has 1 aromatic carbocycles. The van der Waals surface area contributed by atoms with Crippen LogP contribution in [0.2, 0.25) is 0 Å². The molecule has 6 heteroatoms. The number of carbonyl (C=O) groups is 2. The summed E-state index contributed by atoms with van der Waals surface area (Å²) in [7, 11) is 0. The van der Waals surface area contributed by atoms with Gasteiger partial charge in [0.1, 0.15) is 0 Å². The fourth-order valence-electron chi connectivity index (χ4n) is 3.11. The average Bonchev–Trinajstić information content (AvgIpc) is 2.96. The van der Waals surface area contributed by atoms with E-state index in [-0.39, 0.29) is 25.2 Å². The quantitative estimate of drug-likeness (QED) is 0.829. The summed E-state index contributed by atoms with van der Waals surface area (Å²) in [5.41, 5.74) is 0.997. The van der Waals surface area contributed by atoms with Crippen molar-refractivity contribution in [3.8, 4) is 11.5 Å². The number of hydrogen-bond acceptors (Lipinski definition) is 4. The molecule has 0 radical (unpaired) electrons. The van der Waals surface area contributed by atoms with Crippen LogP contribution in [-0.4, -0.2) is 48.0 Å². The fraction of sp³-hybridized carbons (Fsp3) is 0.556. The van der Waals surface area contributed by atoms with Crippen molar-refractivity contribution in [1.29, 1.82) is 0 Å². The molecule has 0 bridgehead atoms. The highest BCUT2D eigenvalue weighted by atomic mass is 16.7. The van der Waals surface area contributed by atoms with Gasteiger partial charge in [-0.25, -0.2) is 0 Å². The molecule has 130 valence electrons. The minimum atomic E-state index is -0.00887. The van der Waals surface area contributed by atoms with Crippen LogP contribution >= 0.6 is 0 Å². The zero-order valence-electron chi connectivity index (χ0n) is 14.1. The van der Waals surface area contributed by atoms with Crippen LogP contribution in [0.4, 0.5) is 0 Å². The lowest BCUT2D eigenvalue weighted by Gasteiger charge is -2.26. The normalized spacial score (nSPS) is 16.9. The minimum absolute atomic E-state index is 0.00887. The average molecular weight is 332 g/mol. The topological polar surface area (TPSA) is 59.1 Å².